The highest BCUT2D eigenvalue weighted by atomic mass is 127. The molecule has 9 nitrogen and oxygen atoms in total. The van der Waals surface area contributed by atoms with Crippen molar-refractivity contribution in [2.24, 2.45) is 12.0 Å². The largest absolute Gasteiger partial charge is 0.357 e. The summed E-state index contributed by atoms with van der Waals surface area (Å²) in [6, 6.07) is 6.71. The molecule has 1 aromatic heterocycles. The lowest BCUT2D eigenvalue weighted by Crippen LogP contribution is -2.37. The molecule has 0 fully saturated rings. The van der Waals surface area contributed by atoms with Crippen LogP contribution in [0.5, 0.6) is 0 Å². The SMILES string of the molecule is CCNC(=NCc1cccc(S(=O)(=O)NC)c1)NCc1ncnn1C.I. The Hall–Kier alpha value is -1.73. The standard InChI is InChI=1S/C15H23N7O2S.HI/c1-4-17-15(19-10-14-20-11-21-22(14)3)18-9-12-6-5-7-13(8-12)25(23,24)16-2;/h5-8,11,16H,4,9-10H2,1-3H3,(H2,17,18,19);1H. The maximum atomic E-state index is 11.9. The van der Waals surface area contributed by atoms with Gasteiger partial charge in [0.25, 0.3) is 0 Å². The number of halogens is 1. The van der Waals surface area contributed by atoms with Crippen LogP contribution in [0, 0.1) is 0 Å². The van der Waals surface area contributed by atoms with E-state index in [1.807, 2.05) is 20.0 Å². The molecule has 11 heteroatoms. The van der Waals surface area contributed by atoms with Crippen LogP contribution in [0.25, 0.3) is 0 Å². The van der Waals surface area contributed by atoms with E-state index in [0.717, 1.165) is 11.4 Å². The number of nitrogens with zero attached hydrogens (tertiary/aromatic N) is 4. The molecule has 0 aliphatic carbocycles. The number of rotatable bonds is 7. The van der Waals surface area contributed by atoms with Crippen LogP contribution in [0.3, 0.4) is 0 Å². The fourth-order valence-corrected chi connectivity index (χ4v) is 2.88. The van der Waals surface area contributed by atoms with Crippen LogP contribution in [0.2, 0.25) is 0 Å². The number of nitrogens with one attached hydrogen (secondary N) is 3. The number of aromatic nitrogens is 3. The second kappa shape index (κ2) is 10.4. The van der Waals surface area contributed by atoms with Gasteiger partial charge in [-0.05, 0) is 31.7 Å². The van der Waals surface area contributed by atoms with Crippen LogP contribution in [0.1, 0.15) is 18.3 Å². The Morgan fingerprint density at radius 1 is 1.31 bits per heavy atom. The first-order valence-corrected chi connectivity index (χ1v) is 9.32. The van der Waals surface area contributed by atoms with Gasteiger partial charge < -0.3 is 10.6 Å². The highest BCUT2D eigenvalue weighted by Crippen LogP contribution is 2.11. The molecule has 0 aliphatic heterocycles. The molecular formula is C15H24IN7O2S. The Morgan fingerprint density at radius 2 is 2.08 bits per heavy atom. The second-order valence-electron chi connectivity index (χ2n) is 5.20. The van der Waals surface area contributed by atoms with Crippen LogP contribution in [0.15, 0.2) is 40.5 Å². The van der Waals surface area contributed by atoms with E-state index >= 15 is 0 Å². The van der Waals surface area contributed by atoms with Crippen molar-refractivity contribution < 1.29 is 8.42 Å². The molecule has 26 heavy (non-hydrogen) atoms. The summed E-state index contributed by atoms with van der Waals surface area (Å²) in [4.78, 5) is 8.85. The molecule has 0 aliphatic rings. The minimum atomic E-state index is -3.46. The lowest BCUT2D eigenvalue weighted by molar-refractivity contribution is 0.588. The van der Waals surface area contributed by atoms with Crippen molar-refractivity contribution in [3.63, 3.8) is 0 Å². The monoisotopic (exact) mass is 493 g/mol. The topological polar surface area (TPSA) is 113 Å². The van der Waals surface area contributed by atoms with E-state index in [1.165, 1.54) is 13.4 Å². The molecule has 1 heterocycles. The van der Waals surface area contributed by atoms with Crippen molar-refractivity contribution in [3.8, 4) is 0 Å². The highest BCUT2D eigenvalue weighted by Gasteiger charge is 2.11. The van der Waals surface area contributed by atoms with Crippen LogP contribution in [0.4, 0.5) is 0 Å². The summed E-state index contributed by atoms with van der Waals surface area (Å²) in [5.74, 6) is 1.40. The minimum Gasteiger partial charge on any atom is -0.357 e. The maximum Gasteiger partial charge on any atom is 0.240 e. The average molecular weight is 493 g/mol. The maximum absolute atomic E-state index is 11.9. The zero-order valence-electron chi connectivity index (χ0n) is 14.9. The van der Waals surface area contributed by atoms with Crippen molar-refractivity contribution in [3.05, 3.63) is 42.0 Å². The van der Waals surface area contributed by atoms with Crippen molar-refractivity contribution in [1.29, 1.82) is 0 Å². The third-order valence-electron chi connectivity index (χ3n) is 3.46. The lowest BCUT2D eigenvalue weighted by atomic mass is 10.2. The summed E-state index contributed by atoms with van der Waals surface area (Å²) in [5.41, 5.74) is 0.798. The Labute approximate surface area is 170 Å². The third-order valence-corrected chi connectivity index (χ3v) is 4.87. The Bertz CT molecular complexity index is 836. The molecule has 0 atom stereocenters. The van der Waals surface area contributed by atoms with E-state index in [-0.39, 0.29) is 28.9 Å². The molecular weight excluding hydrogens is 469 g/mol. The number of hydrogen-bond donors (Lipinski definition) is 3. The number of benzene rings is 1. The van der Waals surface area contributed by atoms with Gasteiger partial charge in [-0.2, -0.15) is 5.10 Å². The molecule has 0 saturated carbocycles. The van der Waals surface area contributed by atoms with Crippen molar-refractivity contribution in [2.75, 3.05) is 13.6 Å². The molecule has 3 N–H and O–H groups in total. The number of aryl methyl sites for hydroxylation is 1. The van der Waals surface area contributed by atoms with Gasteiger partial charge in [-0.3, -0.25) is 4.68 Å². The lowest BCUT2D eigenvalue weighted by Gasteiger charge is -2.11. The summed E-state index contributed by atoms with van der Waals surface area (Å²) in [6.45, 7) is 3.51. The van der Waals surface area contributed by atoms with Gasteiger partial charge in [0.05, 0.1) is 18.0 Å². The highest BCUT2D eigenvalue weighted by molar-refractivity contribution is 14.0. The molecule has 0 amide bonds. The van der Waals surface area contributed by atoms with Gasteiger partial charge in [0.2, 0.25) is 10.0 Å². The molecule has 144 valence electrons. The molecule has 0 bridgehead atoms. The fraction of sp³-hybridized carbons (Fsp3) is 0.400. The summed E-state index contributed by atoms with van der Waals surface area (Å²) >= 11 is 0. The van der Waals surface area contributed by atoms with Gasteiger partial charge in [0.15, 0.2) is 5.96 Å². The van der Waals surface area contributed by atoms with Gasteiger partial charge in [-0.1, -0.05) is 12.1 Å². The van der Waals surface area contributed by atoms with Gasteiger partial charge in [-0.25, -0.2) is 23.1 Å². The van der Waals surface area contributed by atoms with Crippen molar-refractivity contribution in [2.45, 2.75) is 24.9 Å². The Balaban J connectivity index is 0.00000338. The summed E-state index contributed by atoms with van der Waals surface area (Å²) in [5, 5.41) is 10.3. The van der Waals surface area contributed by atoms with Crippen molar-refractivity contribution in [1.82, 2.24) is 30.1 Å². The van der Waals surface area contributed by atoms with E-state index in [2.05, 4.69) is 30.4 Å². The number of sulfonamides is 1. The molecule has 1 aromatic carbocycles. The van der Waals surface area contributed by atoms with Crippen LogP contribution >= 0.6 is 24.0 Å². The quantitative estimate of drug-likeness (QED) is 0.296. The molecule has 0 spiro atoms. The summed E-state index contributed by atoms with van der Waals surface area (Å²) in [6.07, 6.45) is 1.49. The summed E-state index contributed by atoms with van der Waals surface area (Å²) in [7, 11) is -0.252. The van der Waals surface area contributed by atoms with E-state index in [1.54, 1.807) is 22.9 Å². The van der Waals surface area contributed by atoms with Gasteiger partial charge in [0.1, 0.15) is 12.2 Å². The van der Waals surface area contributed by atoms with E-state index in [0.29, 0.717) is 25.6 Å². The van der Waals surface area contributed by atoms with Gasteiger partial charge in [-0.15, -0.1) is 24.0 Å². The van der Waals surface area contributed by atoms with Gasteiger partial charge in [0, 0.05) is 13.6 Å². The zero-order valence-corrected chi connectivity index (χ0v) is 18.1. The molecule has 2 aromatic rings. The Kier molecular flexibility index (Phi) is 8.95. The molecule has 0 radical (unpaired) electrons. The number of hydrogen-bond acceptors (Lipinski definition) is 5. The van der Waals surface area contributed by atoms with Crippen molar-refractivity contribution >= 4 is 40.0 Å². The predicted molar refractivity (Wildman–Crippen MR) is 111 cm³/mol. The molecule has 2 rings (SSSR count). The number of guanidine groups is 1. The van der Waals surface area contributed by atoms with Crippen LogP contribution in [-0.4, -0.2) is 42.7 Å². The smallest absolute Gasteiger partial charge is 0.240 e. The van der Waals surface area contributed by atoms with Crippen LogP contribution in [-0.2, 0) is 30.2 Å². The first-order valence-electron chi connectivity index (χ1n) is 7.83. The third kappa shape index (κ3) is 6.21. The first kappa shape index (κ1) is 22.3. The predicted octanol–water partition coefficient (Wildman–Crippen LogP) is 0.596. The fourth-order valence-electron chi connectivity index (χ4n) is 2.08. The van der Waals surface area contributed by atoms with E-state index < -0.39 is 10.0 Å². The van der Waals surface area contributed by atoms with E-state index in [9.17, 15) is 8.42 Å². The normalized spacial score (nSPS) is 11.7. The van der Waals surface area contributed by atoms with Gasteiger partial charge >= 0.3 is 0 Å². The zero-order chi connectivity index (χ0) is 18.3. The van der Waals surface area contributed by atoms with Crippen LogP contribution < -0.4 is 15.4 Å². The van der Waals surface area contributed by atoms with E-state index in [4.69, 9.17) is 0 Å². The second-order valence-corrected chi connectivity index (χ2v) is 7.09. The number of aliphatic imine (C=N–C) groups is 1. The first-order chi connectivity index (χ1) is 12.0. The molecule has 0 saturated heterocycles. The summed E-state index contributed by atoms with van der Waals surface area (Å²) < 4.78 is 27.7. The Morgan fingerprint density at radius 3 is 2.69 bits per heavy atom. The minimum absolute atomic E-state index is 0. The average Bonchev–Trinajstić information content (AvgIpc) is 3.02. The molecule has 0 unspecified atom stereocenters.